The van der Waals surface area contributed by atoms with E-state index in [9.17, 15) is 22.8 Å². The van der Waals surface area contributed by atoms with Crippen LogP contribution in [-0.2, 0) is 16.0 Å². The smallest absolute Gasteiger partial charge is 0.316 e. The standard InChI is InChI=1S/C11H12F3N3O2S/c12-11(13,14)5-17-7-16(3-10(17)19)9(18)2-1-8-4-20-6-15-8/h4,6H,1-3,5,7H2. The molecule has 0 spiro atoms. The van der Waals surface area contributed by atoms with Crippen LogP contribution >= 0.6 is 11.3 Å². The molecular formula is C11H12F3N3O2S. The molecule has 0 radical (unpaired) electrons. The first-order chi connectivity index (χ1) is 9.35. The van der Waals surface area contributed by atoms with E-state index >= 15 is 0 Å². The van der Waals surface area contributed by atoms with Crippen LogP contribution in [0.2, 0.25) is 0 Å². The molecular weight excluding hydrogens is 295 g/mol. The van der Waals surface area contributed by atoms with E-state index in [0.717, 1.165) is 10.6 Å². The van der Waals surface area contributed by atoms with Gasteiger partial charge in [0, 0.05) is 11.8 Å². The maximum atomic E-state index is 12.2. The predicted molar refractivity (Wildman–Crippen MR) is 64.8 cm³/mol. The number of hydrogen-bond acceptors (Lipinski definition) is 4. The largest absolute Gasteiger partial charge is 0.406 e. The maximum absolute atomic E-state index is 12.2. The van der Waals surface area contributed by atoms with E-state index in [4.69, 9.17) is 0 Å². The van der Waals surface area contributed by atoms with Crippen LogP contribution in [0.4, 0.5) is 13.2 Å². The number of alkyl halides is 3. The summed E-state index contributed by atoms with van der Waals surface area (Å²) >= 11 is 1.41. The van der Waals surface area contributed by atoms with E-state index in [2.05, 4.69) is 4.98 Å². The minimum atomic E-state index is -4.45. The van der Waals surface area contributed by atoms with Crippen LogP contribution in [0.5, 0.6) is 0 Å². The molecule has 110 valence electrons. The number of halogens is 3. The lowest BCUT2D eigenvalue weighted by Crippen LogP contribution is -2.37. The Morgan fingerprint density at radius 2 is 2.20 bits per heavy atom. The van der Waals surface area contributed by atoms with Crippen LogP contribution in [-0.4, -0.2) is 52.5 Å². The van der Waals surface area contributed by atoms with Crippen molar-refractivity contribution in [1.29, 1.82) is 0 Å². The lowest BCUT2D eigenvalue weighted by atomic mass is 10.2. The first-order valence-electron chi connectivity index (χ1n) is 5.84. The molecule has 2 heterocycles. The summed E-state index contributed by atoms with van der Waals surface area (Å²) in [7, 11) is 0. The van der Waals surface area contributed by atoms with Crippen molar-refractivity contribution in [2.24, 2.45) is 0 Å². The number of aromatic nitrogens is 1. The van der Waals surface area contributed by atoms with Gasteiger partial charge in [-0.25, -0.2) is 4.98 Å². The Morgan fingerprint density at radius 3 is 2.80 bits per heavy atom. The highest BCUT2D eigenvalue weighted by Gasteiger charge is 2.38. The molecule has 2 rings (SSSR count). The predicted octanol–water partition coefficient (Wildman–Crippen LogP) is 1.27. The van der Waals surface area contributed by atoms with Gasteiger partial charge < -0.3 is 9.80 Å². The molecule has 0 atom stereocenters. The van der Waals surface area contributed by atoms with Gasteiger partial charge in [0.2, 0.25) is 11.8 Å². The molecule has 1 aliphatic heterocycles. The normalized spacial score (nSPS) is 16.1. The van der Waals surface area contributed by atoms with E-state index in [1.165, 1.54) is 11.3 Å². The number of hydrogen-bond donors (Lipinski definition) is 0. The number of thiazole rings is 1. The number of amides is 2. The molecule has 20 heavy (non-hydrogen) atoms. The number of carbonyl (C=O) groups is 2. The molecule has 1 aromatic heterocycles. The van der Waals surface area contributed by atoms with Crippen molar-refractivity contribution in [2.45, 2.75) is 19.0 Å². The highest BCUT2D eigenvalue weighted by molar-refractivity contribution is 7.07. The van der Waals surface area contributed by atoms with Gasteiger partial charge in [0.15, 0.2) is 0 Å². The van der Waals surface area contributed by atoms with E-state index in [1.807, 2.05) is 0 Å². The molecule has 0 saturated carbocycles. The molecule has 0 unspecified atom stereocenters. The zero-order valence-electron chi connectivity index (χ0n) is 10.4. The fourth-order valence-corrected chi connectivity index (χ4v) is 2.47. The molecule has 0 aromatic carbocycles. The zero-order valence-corrected chi connectivity index (χ0v) is 11.2. The summed E-state index contributed by atoms with van der Waals surface area (Å²) in [6.45, 7) is -1.90. The minimum absolute atomic E-state index is 0.136. The van der Waals surface area contributed by atoms with E-state index in [0.29, 0.717) is 11.3 Å². The van der Waals surface area contributed by atoms with Crippen molar-refractivity contribution < 1.29 is 22.8 Å². The van der Waals surface area contributed by atoms with Crippen LogP contribution in [0.15, 0.2) is 10.9 Å². The Morgan fingerprint density at radius 1 is 1.45 bits per heavy atom. The fraction of sp³-hybridized carbons (Fsp3) is 0.545. The highest BCUT2D eigenvalue weighted by atomic mass is 32.1. The lowest BCUT2D eigenvalue weighted by molar-refractivity contribution is -0.157. The van der Waals surface area contributed by atoms with Crippen LogP contribution in [0.3, 0.4) is 0 Å². The fourth-order valence-electron chi connectivity index (χ4n) is 1.87. The lowest BCUT2D eigenvalue weighted by Gasteiger charge is -2.19. The van der Waals surface area contributed by atoms with Crippen LogP contribution < -0.4 is 0 Å². The van der Waals surface area contributed by atoms with Gasteiger partial charge in [-0.05, 0) is 6.42 Å². The van der Waals surface area contributed by atoms with Crippen LogP contribution in [0, 0.1) is 0 Å². The minimum Gasteiger partial charge on any atom is -0.316 e. The Hall–Kier alpha value is -1.64. The van der Waals surface area contributed by atoms with Gasteiger partial charge in [-0.3, -0.25) is 9.59 Å². The number of rotatable bonds is 4. The summed E-state index contributed by atoms with van der Waals surface area (Å²) in [4.78, 5) is 29.1. The van der Waals surface area contributed by atoms with Crippen LogP contribution in [0.25, 0.3) is 0 Å². The quantitative estimate of drug-likeness (QED) is 0.841. The second-order valence-corrected chi connectivity index (χ2v) is 5.14. The monoisotopic (exact) mass is 307 g/mol. The van der Waals surface area contributed by atoms with Crippen molar-refractivity contribution >= 4 is 23.2 Å². The number of nitrogens with zero attached hydrogens (tertiary/aromatic N) is 3. The third-order valence-corrected chi connectivity index (χ3v) is 3.46. The molecule has 1 saturated heterocycles. The summed E-state index contributed by atoms with van der Waals surface area (Å²) in [6, 6.07) is 0. The Labute approximate surface area is 117 Å². The first kappa shape index (κ1) is 14.8. The number of carbonyl (C=O) groups excluding carboxylic acids is 2. The van der Waals surface area contributed by atoms with Gasteiger partial charge in [-0.2, -0.15) is 13.2 Å². The van der Waals surface area contributed by atoms with Crippen molar-refractivity contribution in [3.8, 4) is 0 Å². The maximum Gasteiger partial charge on any atom is 0.406 e. The van der Waals surface area contributed by atoms with Gasteiger partial charge in [-0.15, -0.1) is 11.3 Å². The van der Waals surface area contributed by atoms with E-state index < -0.39 is 18.6 Å². The van der Waals surface area contributed by atoms with Gasteiger partial charge in [0.05, 0.1) is 17.9 Å². The zero-order chi connectivity index (χ0) is 14.8. The average molecular weight is 307 g/mol. The summed E-state index contributed by atoms with van der Waals surface area (Å²) in [5, 5.41) is 1.80. The molecule has 0 N–H and O–H groups in total. The molecule has 5 nitrogen and oxygen atoms in total. The molecule has 0 bridgehead atoms. The van der Waals surface area contributed by atoms with Gasteiger partial charge in [-0.1, -0.05) is 0 Å². The third-order valence-electron chi connectivity index (χ3n) is 2.82. The van der Waals surface area contributed by atoms with Gasteiger partial charge in [0.25, 0.3) is 0 Å². The highest BCUT2D eigenvalue weighted by Crippen LogP contribution is 2.19. The van der Waals surface area contributed by atoms with E-state index in [1.54, 1.807) is 10.9 Å². The molecule has 2 amide bonds. The summed E-state index contributed by atoms with van der Waals surface area (Å²) in [5.41, 5.74) is 2.41. The second-order valence-electron chi connectivity index (χ2n) is 4.42. The molecule has 0 aliphatic carbocycles. The Balaban J connectivity index is 1.84. The average Bonchev–Trinajstić information content (AvgIpc) is 2.95. The number of aryl methyl sites for hydroxylation is 1. The van der Waals surface area contributed by atoms with Crippen molar-refractivity contribution in [3.63, 3.8) is 0 Å². The topological polar surface area (TPSA) is 53.5 Å². The Bertz CT molecular complexity index is 490. The van der Waals surface area contributed by atoms with Crippen molar-refractivity contribution in [1.82, 2.24) is 14.8 Å². The van der Waals surface area contributed by atoms with Gasteiger partial charge >= 0.3 is 6.18 Å². The third kappa shape index (κ3) is 3.92. The van der Waals surface area contributed by atoms with E-state index in [-0.39, 0.29) is 25.5 Å². The first-order valence-corrected chi connectivity index (χ1v) is 6.79. The SMILES string of the molecule is O=C(CCc1cscn1)N1CC(=O)N(CC(F)(F)F)C1. The summed E-state index contributed by atoms with van der Waals surface area (Å²) < 4.78 is 36.7. The van der Waals surface area contributed by atoms with Gasteiger partial charge in [0.1, 0.15) is 13.1 Å². The van der Waals surface area contributed by atoms with Crippen molar-refractivity contribution in [3.05, 3.63) is 16.6 Å². The van der Waals surface area contributed by atoms with Crippen LogP contribution in [0.1, 0.15) is 12.1 Å². The molecule has 1 aliphatic rings. The summed E-state index contributed by atoms with van der Waals surface area (Å²) in [5.74, 6) is -1.01. The summed E-state index contributed by atoms with van der Waals surface area (Å²) in [6.07, 6.45) is -3.89. The Kier molecular flexibility index (Phi) is 4.26. The molecule has 1 fully saturated rings. The molecule has 1 aromatic rings. The van der Waals surface area contributed by atoms with Crippen molar-refractivity contribution in [2.75, 3.05) is 19.8 Å². The second kappa shape index (κ2) is 5.78. The molecule has 9 heteroatoms.